The van der Waals surface area contributed by atoms with Crippen molar-refractivity contribution in [2.24, 2.45) is 0 Å². The summed E-state index contributed by atoms with van der Waals surface area (Å²) < 4.78 is 5.43. The van der Waals surface area contributed by atoms with Gasteiger partial charge in [0, 0.05) is 69.0 Å². The highest BCUT2D eigenvalue weighted by molar-refractivity contribution is 5.03. The van der Waals surface area contributed by atoms with Gasteiger partial charge in [-0.05, 0) is 62.1 Å². The summed E-state index contributed by atoms with van der Waals surface area (Å²) >= 11 is 0. The zero-order valence-electron chi connectivity index (χ0n) is 18.9. The Kier molecular flexibility index (Phi) is 7.17. The highest BCUT2D eigenvalue weighted by Crippen LogP contribution is 2.34. The molecule has 2 saturated heterocycles. The topological polar surface area (TPSA) is 22.2 Å². The molecule has 2 aliphatic rings. The SMILES string of the molecule is COCCN1CCN(C(C)(C)C)CC1C1CC(N(C)C)CN1C(C)(C)C. The third-order valence-electron chi connectivity index (χ3n) is 6.42. The van der Waals surface area contributed by atoms with Crippen molar-refractivity contribution < 1.29 is 4.74 Å². The van der Waals surface area contributed by atoms with Gasteiger partial charge in [0.25, 0.3) is 0 Å². The standard InChI is InChI=1S/C21H44N4O/c1-20(2,3)24-11-10-23(12-13-26-9)19(16-24)18-14-17(22(7)8)15-25(18)21(4,5)6/h17-19H,10-16H2,1-9H3. The maximum atomic E-state index is 5.43. The first-order chi connectivity index (χ1) is 11.9. The van der Waals surface area contributed by atoms with E-state index in [-0.39, 0.29) is 11.1 Å². The second-order valence-electron chi connectivity index (χ2n) is 10.5. The number of hydrogen-bond donors (Lipinski definition) is 0. The number of methoxy groups -OCH3 is 1. The van der Waals surface area contributed by atoms with Crippen LogP contribution < -0.4 is 0 Å². The lowest BCUT2D eigenvalue weighted by molar-refractivity contribution is -0.0317. The third kappa shape index (κ3) is 5.20. The van der Waals surface area contributed by atoms with Gasteiger partial charge in [0.1, 0.15) is 0 Å². The molecule has 0 aromatic rings. The predicted octanol–water partition coefficient (Wildman–Crippen LogP) is 2.22. The van der Waals surface area contributed by atoms with Crippen molar-refractivity contribution >= 4 is 0 Å². The number of hydrogen-bond acceptors (Lipinski definition) is 5. The van der Waals surface area contributed by atoms with Gasteiger partial charge in [0.15, 0.2) is 0 Å². The average Bonchev–Trinajstić information content (AvgIpc) is 2.97. The fourth-order valence-corrected chi connectivity index (χ4v) is 4.66. The molecular formula is C21H44N4O. The molecule has 26 heavy (non-hydrogen) atoms. The highest BCUT2D eigenvalue weighted by atomic mass is 16.5. The minimum atomic E-state index is 0.201. The van der Waals surface area contributed by atoms with Gasteiger partial charge in [-0.2, -0.15) is 0 Å². The van der Waals surface area contributed by atoms with E-state index in [9.17, 15) is 0 Å². The molecule has 154 valence electrons. The second kappa shape index (κ2) is 8.44. The molecule has 0 aliphatic carbocycles. The number of likely N-dealkylation sites (N-methyl/N-ethyl adjacent to an activating group) is 1. The van der Waals surface area contributed by atoms with Crippen molar-refractivity contribution in [1.82, 2.24) is 19.6 Å². The van der Waals surface area contributed by atoms with Crippen LogP contribution in [0, 0.1) is 0 Å². The first-order valence-electron chi connectivity index (χ1n) is 10.4. The van der Waals surface area contributed by atoms with Crippen LogP contribution in [0.3, 0.4) is 0 Å². The van der Waals surface area contributed by atoms with Crippen molar-refractivity contribution in [3.05, 3.63) is 0 Å². The Labute approximate surface area is 162 Å². The summed E-state index contributed by atoms with van der Waals surface area (Å²) in [7, 11) is 6.29. The van der Waals surface area contributed by atoms with Crippen LogP contribution >= 0.6 is 0 Å². The fraction of sp³-hybridized carbons (Fsp3) is 1.00. The van der Waals surface area contributed by atoms with E-state index in [4.69, 9.17) is 4.74 Å². The lowest BCUT2D eigenvalue weighted by Crippen LogP contribution is -2.65. The summed E-state index contributed by atoms with van der Waals surface area (Å²) in [6, 6.07) is 1.82. The van der Waals surface area contributed by atoms with Crippen LogP contribution in [0.1, 0.15) is 48.0 Å². The molecule has 0 N–H and O–H groups in total. The van der Waals surface area contributed by atoms with E-state index in [0.29, 0.717) is 18.1 Å². The van der Waals surface area contributed by atoms with E-state index in [1.165, 1.54) is 13.0 Å². The summed E-state index contributed by atoms with van der Waals surface area (Å²) in [5.74, 6) is 0. The molecule has 3 unspecified atom stereocenters. The lowest BCUT2D eigenvalue weighted by Gasteiger charge is -2.51. The van der Waals surface area contributed by atoms with Crippen LogP contribution in [0.25, 0.3) is 0 Å². The quantitative estimate of drug-likeness (QED) is 0.740. The zero-order chi connectivity index (χ0) is 19.7. The van der Waals surface area contributed by atoms with Crippen LogP contribution in [-0.4, -0.2) is 109 Å². The Morgan fingerprint density at radius 2 is 1.58 bits per heavy atom. The van der Waals surface area contributed by atoms with E-state index < -0.39 is 0 Å². The Hall–Kier alpha value is -0.200. The predicted molar refractivity (Wildman–Crippen MR) is 111 cm³/mol. The highest BCUT2D eigenvalue weighted by Gasteiger charge is 2.46. The maximum absolute atomic E-state index is 5.43. The Balaban J connectivity index is 2.26. The summed E-state index contributed by atoms with van der Waals surface area (Å²) in [6.07, 6.45) is 1.26. The first kappa shape index (κ1) is 22.1. The number of piperazine rings is 1. The molecular weight excluding hydrogens is 324 g/mol. The van der Waals surface area contributed by atoms with E-state index in [1.54, 1.807) is 0 Å². The molecule has 2 heterocycles. The normalized spacial score (nSPS) is 30.5. The number of nitrogens with zero attached hydrogens (tertiary/aromatic N) is 4. The molecule has 5 nitrogen and oxygen atoms in total. The molecule has 2 fully saturated rings. The molecule has 0 amide bonds. The Morgan fingerprint density at radius 1 is 0.923 bits per heavy atom. The van der Waals surface area contributed by atoms with E-state index >= 15 is 0 Å². The molecule has 0 aromatic carbocycles. The first-order valence-corrected chi connectivity index (χ1v) is 10.4. The number of ether oxygens (including phenoxy) is 1. The summed E-state index contributed by atoms with van der Waals surface area (Å²) in [5, 5.41) is 0. The van der Waals surface area contributed by atoms with Gasteiger partial charge >= 0.3 is 0 Å². The molecule has 3 atom stereocenters. The van der Waals surface area contributed by atoms with Gasteiger partial charge in [-0.3, -0.25) is 14.7 Å². The molecule has 0 spiro atoms. The third-order valence-corrected chi connectivity index (χ3v) is 6.42. The van der Waals surface area contributed by atoms with Crippen LogP contribution in [-0.2, 0) is 4.74 Å². The summed E-state index contributed by atoms with van der Waals surface area (Å²) in [6.45, 7) is 20.7. The smallest absolute Gasteiger partial charge is 0.0589 e. The zero-order valence-corrected chi connectivity index (χ0v) is 18.9. The van der Waals surface area contributed by atoms with Crippen molar-refractivity contribution in [2.75, 3.05) is 60.5 Å². The molecule has 0 bridgehead atoms. The summed E-state index contributed by atoms with van der Waals surface area (Å²) in [4.78, 5) is 10.6. The molecule has 0 saturated carbocycles. The fourth-order valence-electron chi connectivity index (χ4n) is 4.66. The van der Waals surface area contributed by atoms with Gasteiger partial charge < -0.3 is 9.64 Å². The van der Waals surface area contributed by atoms with Crippen molar-refractivity contribution in [1.29, 1.82) is 0 Å². The van der Waals surface area contributed by atoms with Crippen LogP contribution in [0.5, 0.6) is 0 Å². The largest absolute Gasteiger partial charge is 0.383 e. The van der Waals surface area contributed by atoms with Crippen LogP contribution in [0.2, 0.25) is 0 Å². The number of rotatable bonds is 5. The van der Waals surface area contributed by atoms with Gasteiger partial charge in [0.2, 0.25) is 0 Å². The molecule has 2 aliphatic heterocycles. The molecule has 0 radical (unpaired) electrons. The van der Waals surface area contributed by atoms with Crippen LogP contribution in [0.4, 0.5) is 0 Å². The number of likely N-dealkylation sites (tertiary alicyclic amines) is 1. The Bertz CT molecular complexity index is 440. The average molecular weight is 369 g/mol. The lowest BCUT2D eigenvalue weighted by atomic mass is 9.93. The van der Waals surface area contributed by atoms with E-state index in [2.05, 4.69) is 75.2 Å². The van der Waals surface area contributed by atoms with Crippen LogP contribution in [0.15, 0.2) is 0 Å². The van der Waals surface area contributed by atoms with Gasteiger partial charge in [-0.15, -0.1) is 0 Å². The molecule has 0 aromatic heterocycles. The second-order valence-corrected chi connectivity index (χ2v) is 10.5. The minimum Gasteiger partial charge on any atom is -0.383 e. The van der Waals surface area contributed by atoms with Crippen molar-refractivity contribution in [3.63, 3.8) is 0 Å². The van der Waals surface area contributed by atoms with Gasteiger partial charge in [-0.1, -0.05) is 0 Å². The van der Waals surface area contributed by atoms with Crippen molar-refractivity contribution in [2.45, 2.75) is 77.2 Å². The summed E-state index contributed by atoms with van der Waals surface area (Å²) in [5.41, 5.74) is 0.435. The van der Waals surface area contributed by atoms with Crippen molar-refractivity contribution in [3.8, 4) is 0 Å². The molecule has 2 rings (SSSR count). The van der Waals surface area contributed by atoms with E-state index in [1.807, 2.05) is 7.11 Å². The Morgan fingerprint density at radius 3 is 2.08 bits per heavy atom. The molecule has 5 heteroatoms. The monoisotopic (exact) mass is 368 g/mol. The minimum absolute atomic E-state index is 0.201. The van der Waals surface area contributed by atoms with Gasteiger partial charge in [0.05, 0.1) is 6.61 Å². The van der Waals surface area contributed by atoms with Gasteiger partial charge in [-0.25, -0.2) is 0 Å². The maximum Gasteiger partial charge on any atom is 0.0589 e. The van der Waals surface area contributed by atoms with E-state index in [0.717, 1.165) is 32.8 Å².